The standard InChI is InChI=1S/C20H18N4O3/c25-18-10-13(20(27)22-18)9-12-5-7-14(8-6-12)21-19(26)11-17-15-3-1-2-4-16(15)23-24-17/h1-8,13H,9-11H2,(H,21,26)(H,23,24)(H,22,25,27). The minimum Gasteiger partial charge on any atom is -0.326 e. The highest BCUT2D eigenvalue weighted by molar-refractivity contribution is 6.03. The Bertz CT molecular complexity index is 1020. The molecule has 1 saturated heterocycles. The molecule has 7 heteroatoms. The molecule has 3 amide bonds. The van der Waals surface area contributed by atoms with E-state index in [4.69, 9.17) is 0 Å². The summed E-state index contributed by atoms with van der Waals surface area (Å²) in [4.78, 5) is 35.2. The molecule has 4 rings (SSSR count). The number of para-hydroxylation sites is 1. The van der Waals surface area contributed by atoms with Gasteiger partial charge in [-0.25, -0.2) is 0 Å². The first-order valence-corrected chi connectivity index (χ1v) is 8.73. The molecular weight excluding hydrogens is 344 g/mol. The average Bonchev–Trinajstić information content (AvgIpc) is 3.19. The fourth-order valence-electron chi connectivity index (χ4n) is 3.30. The van der Waals surface area contributed by atoms with Crippen LogP contribution in [0.2, 0.25) is 0 Å². The van der Waals surface area contributed by atoms with E-state index < -0.39 is 0 Å². The summed E-state index contributed by atoms with van der Waals surface area (Å²) in [6.07, 6.45) is 0.939. The lowest BCUT2D eigenvalue weighted by Crippen LogP contribution is -2.22. The summed E-state index contributed by atoms with van der Waals surface area (Å²) in [6, 6.07) is 15.0. The molecule has 3 N–H and O–H groups in total. The highest BCUT2D eigenvalue weighted by Gasteiger charge is 2.30. The highest BCUT2D eigenvalue weighted by atomic mass is 16.2. The van der Waals surface area contributed by atoms with Gasteiger partial charge in [0.05, 0.1) is 23.5 Å². The summed E-state index contributed by atoms with van der Waals surface area (Å²) in [5, 5.41) is 13.2. The molecular formula is C20H18N4O3. The number of H-pyrrole nitrogens is 1. The van der Waals surface area contributed by atoms with E-state index >= 15 is 0 Å². The average molecular weight is 362 g/mol. The zero-order valence-electron chi connectivity index (χ0n) is 14.5. The van der Waals surface area contributed by atoms with Crippen molar-refractivity contribution in [1.82, 2.24) is 15.5 Å². The van der Waals surface area contributed by atoms with Crippen LogP contribution in [0, 0.1) is 5.92 Å². The van der Waals surface area contributed by atoms with Gasteiger partial charge >= 0.3 is 0 Å². The van der Waals surface area contributed by atoms with E-state index in [-0.39, 0.29) is 36.5 Å². The van der Waals surface area contributed by atoms with Gasteiger partial charge < -0.3 is 5.32 Å². The zero-order chi connectivity index (χ0) is 18.8. The summed E-state index contributed by atoms with van der Waals surface area (Å²) in [6.45, 7) is 0. The molecule has 3 aromatic rings. The summed E-state index contributed by atoms with van der Waals surface area (Å²) in [5.74, 6) is -0.895. The molecule has 7 nitrogen and oxygen atoms in total. The van der Waals surface area contributed by atoms with Crippen molar-refractivity contribution in [2.45, 2.75) is 19.3 Å². The first kappa shape index (κ1) is 17.0. The van der Waals surface area contributed by atoms with Crippen LogP contribution in [0.1, 0.15) is 17.7 Å². The van der Waals surface area contributed by atoms with E-state index in [0.29, 0.717) is 12.1 Å². The molecule has 1 aliphatic rings. The maximum absolute atomic E-state index is 12.3. The monoisotopic (exact) mass is 362 g/mol. The lowest BCUT2D eigenvalue weighted by molar-refractivity contribution is -0.125. The van der Waals surface area contributed by atoms with Crippen LogP contribution >= 0.6 is 0 Å². The smallest absolute Gasteiger partial charge is 0.230 e. The van der Waals surface area contributed by atoms with Gasteiger partial charge in [0.1, 0.15) is 0 Å². The number of imide groups is 1. The van der Waals surface area contributed by atoms with Gasteiger partial charge in [-0.15, -0.1) is 0 Å². The second-order valence-corrected chi connectivity index (χ2v) is 6.66. The minimum atomic E-state index is -0.313. The third kappa shape index (κ3) is 3.72. The summed E-state index contributed by atoms with van der Waals surface area (Å²) in [5.41, 5.74) is 3.23. The molecule has 1 atom stereocenters. The number of fused-ring (bicyclic) bond motifs is 1. The number of amides is 3. The lowest BCUT2D eigenvalue weighted by Gasteiger charge is -2.08. The highest BCUT2D eigenvalue weighted by Crippen LogP contribution is 2.20. The van der Waals surface area contributed by atoms with Crippen molar-refractivity contribution in [3.63, 3.8) is 0 Å². The number of hydrogen-bond acceptors (Lipinski definition) is 4. The van der Waals surface area contributed by atoms with E-state index in [1.807, 2.05) is 36.4 Å². The van der Waals surface area contributed by atoms with Gasteiger partial charge in [0, 0.05) is 17.5 Å². The molecule has 1 fully saturated rings. The summed E-state index contributed by atoms with van der Waals surface area (Å²) >= 11 is 0. The van der Waals surface area contributed by atoms with Gasteiger partial charge in [-0.2, -0.15) is 5.10 Å². The van der Waals surface area contributed by atoms with Gasteiger partial charge in [0.15, 0.2) is 0 Å². The van der Waals surface area contributed by atoms with Crippen molar-refractivity contribution in [3.05, 3.63) is 59.8 Å². The Morgan fingerprint density at radius 2 is 1.89 bits per heavy atom. The van der Waals surface area contributed by atoms with E-state index in [1.165, 1.54) is 0 Å². The fraction of sp³-hybridized carbons (Fsp3) is 0.200. The number of aromatic amines is 1. The largest absolute Gasteiger partial charge is 0.326 e. The van der Waals surface area contributed by atoms with Crippen LogP contribution in [0.4, 0.5) is 5.69 Å². The second kappa shape index (κ2) is 7.03. The molecule has 1 unspecified atom stereocenters. The topological polar surface area (TPSA) is 104 Å². The number of rotatable bonds is 5. The van der Waals surface area contributed by atoms with Gasteiger partial charge in [0.25, 0.3) is 0 Å². The van der Waals surface area contributed by atoms with Crippen LogP contribution in [0.5, 0.6) is 0 Å². The fourth-order valence-corrected chi connectivity index (χ4v) is 3.30. The number of nitrogens with zero attached hydrogens (tertiary/aromatic N) is 1. The predicted octanol–water partition coefficient (Wildman–Crippen LogP) is 1.95. The van der Waals surface area contributed by atoms with Crippen LogP contribution < -0.4 is 10.6 Å². The van der Waals surface area contributed by atoms with Crippen LogP contribution in [0.25, 0.3) is 10.9 Å². The summed E-state index contributed by atoms with van der Waals surface area (Å²) in [7, 11) is 0. The molecule has 0 aliphatic carbocycles. The first-order valence-electron chi connectivity index (χ1n) is 8.73. The number of carbonyl (C=O) groups excluding carboxylic acids is 3. The Hall–Kier alpha value is -3.48. The minimum absolute atomic E-state index is 0.141. The Kier molecular flexibility index (Phi) is 4.42. The second-order valence-electron chi connectivity index (χ2n) is 6.66. The van der Waals surface area contributed by atoms with E-state index in [0.717, 1.165) is 22.2 Å². The zero-order valence-corrected chi connectivity index (χ0v) is 14.5. The Morgan fingerprint density at radius 1 is 1.11 bits per heavy atom. The summed E-state index contributed by atoms with van der Waals surface area (Å²) < 4.78 is 0. The number of carbonyl (C=O) groups is 3. The molecule has 136 valence electrons. The SMILES string of the molecule is O=C1CC(Cc2ccc(NC(=O)Cc3[nH]nc4ccccc34)cc2)C(=O)N1. The molecule has 2 aromatic carbocycles. The van der Waals surface area contributed by atoms with Gasteiger partial charge in [-0.1, -0.05) is 30.3 Å². The third-order valence-corrected chi connectivity index (χ3v) is 4.66. The van der Waals surface area contributed by atoms with Gasteiger partial charge in [0.2, 0.25) is 17.7 Å². The van der Waals surface area contributed by atoms with Crippen molar-refractivity contribution in [1.29, 1.82) is 0 Å². The predicted molar refractivity (Wildman–Crippen MR) is 99.8 cm³/mol. The number of hydrogen-bond donors (Lipinski definition) is 3. The van der Waals surface area contributed by atoms with E-state index in [1.54, 1.807) is 12.1 Å². The van der Waals surface area contributed by atoms with Crippen LogP contribution in [0.15, 0.2) is 48.5 Å². The first-order chi connectivity index (χ1) is 13.1. The molecule has 0 spiro atoms. The van der Waals surface area contributed by atoms with Crippen molar-refractivity contribution in [2.75, 3.05) is 5.32 Å². The van der Waals surface area contributed by atoms with Crippen LogP contribution in [-0.4, -0.2) is 27.9 Å². The van der Waals surface area contributed by atoms with Crippen molar-refractivity contribution < 1.29 is 14.4 Å². The molecule has 27 heavy (non-hydrogen) atoms. The molecule has 0 radical (unpaired) electrons. The lowest BCUT2D eigenvalue weighted by atomic mass is 9.98. The van der Waals surface area contributed by atoms with E-state index in [9.17, 15) is 14.4 Å². The number of benzene rings is 2. The van der Waals surface area contributed by atoms with Crippen molar-refractivity contribution in [2.24, 2.45) is 5.92 Å². The normalized spacial score (nSPS) is 16.5. The van der Waals surface area contributed by atoms with Gasteiger partial charge in [-0.3, -0.25) is 24.8 Å². The Balaban J connectivity index is 1.37. The molecule has 0 saturated carbocycles. The van der Waals surface area contributed by atoms with Crippen LogP contribution in [-0.2, 0) is 27.2 Å². The number of nitrogens with one attached hydrogen (secondary N) is 3. The maximum atomic E-state index is 12.3. The van der Waals surface area contributed by atoms with Gasteiger partial charge in [-0.05, 0) is 30.2 Å². The third-order valence-electron chi connectivity index (χ3n) is 4.66. The number of aromatic nitrogens is 2. The number of anilines is 1. The molecule has 2 heterocycles. The Labute approximate surface area is 155 Å². The maximum Gasteiger partial charge on any atom is 0.230 e. The Morgan fingerprint density at radius 3 is 2.63 bits per heavy atom. The van der Waals surface area contributed by atoms with Crippen molar-refractivity contribution >= 4 is 34.3 Å². The molecule has 1 aliphatic heterocycles. The molecule has 0 bridgehead atoms. The quantitative estimate of drug-likeness (QED) is 0.604. The van der Waals surface area contributed by atoms with Crippen LogP contribution in [0.3, 0.4) is 0 Å². The van der Waals surface area contributed by atoms with E-state index in [2.05, 4.69) is 20.8 Å². The van der Waals surface area contributed by atoms with Crippen molar-refractivity contribution in [3.8, 4) is 0 Å². The molecule has 1 aromatic heterocycles.